The molecule has 1 atom stereocenters. The minimum atomic E-state index is -0.506. The lowest BCUT2D eigenvalue weighted by molar-refractivity contribution is -0.385. The molecule has 2 heterocycles. The Morgan fingerprint density at radius 2 is 2.47 bits per heavy atom. The Morgan fingerprint density at radius 3 is 3.05 bits per heavy atom. The summed E-state index contributed by atoms with van der Waals surface area (Å²) in [6.07, 6.45) is 3.72. The van der Waals surface area contributed by atoms with Gasteiger partial charge in [0, 0.05) is 25.6 Å². The summed E-state index contributed by atoms with van der Waals surface area (Å²) in [5.74, 6) is -0.0538. The van der Waals surface area contributed by atoms with Gasteiger partial charge in [0.1, 0.15) is 12.4 Å². The van der Waals surface area contributed by atoms with Gasteiger partial charge in [-0.05, 0) is 13.0 Å². The van der Waals surface area contributed by atoms with Crippen LogP contribution in [0.1, 0.15) is 12.8 Å². The van der Waals surface area contributed by atoms with E-state index in [1.54, 1.807) is 0 Å². The summed E-state index contributed by atoms with van der Waals surface area (Å²) in [5.41, 5.74) is -0.0598. The van der Waals surface area contributed by atoms with Crippen LogP contribution in [0.5, 0.6) is 0 Å². The number of amides is 1. The third kappa shape index (κ3) is 4.49. The smallest absolute Gasteiger partial charge is 0.306 e. The average molecular weight is 290 g/mol. The van der Waals surface area contributed by atoms with Gasteiger partial charge in [0.15, 0.2) is 0 Å². The van der Waals surface area contributed by atoms with E-state index in [1.165, 1.54) is 17.1 Å². The summed E-state index contributed by atoms with van der Waals surface area (Å²) in [6.45, 7) is 2.08. The number of nitro groups is 1. The lowest BCUT2D eigenvalue weighted by Gasteiger charge is -2.10. The number of hydrogen-bond acceptors (Lipinski definition) is 5. The van der Waals surface area contributed by atoms with Crippen molar-refractivity contribution in [1.82, 2.24) is 20.4 Å². The van der Waals surface area contributed by atoms with Gasteiger partial charge in [0.05, 0.1) is 4.92 Å². The number of nitrogens with one attached hydrogen (secondary N) is 2. The maximum atomic E-state index is 11.6. The molecular weight excluding hydrogens is 274 g/mol. The Labute approximate surface area is 116 Å². The van der Waals surface area contributed by atoms with Crippen molar-refractivity contribution >= 4 is 24.0 Å². The highest BCUT2D eigenvalue weighted by molar-refractivity contribution is 5.85. The standard InChI is InChI=1S/C10H15N5O3.ClH/c16-10(13-8-1-3-11-5-8)2-4-14-7-9(6-12-14)15(17)18;/h6-8,11H,1-5H2,(H,13,16);1H. The van der Waals surface area contributed by atoms with Crippen molar-refractivity contribution in [3.8, 4) is 0 Å². The second-order valence-corrected chi connectivity index (χ2v) is 4.23. The summed E-state index contributed by atoms with van der Waals surface area (Å²) < 4.78 is 1.41. The van der Waals surface area contributed by atoms with Crippen molar-refractivity contribution in [2.45, 2.75) is 25.4 Å². The maximum Gasteiger partial charge on any atom is 0.306 e. The zero-order valence-corrected chi connectivity index (χ0v) is 11.1. The minimum absolute atomic E-state index is 0. The Balaban J connectivity index is 0.00000180. The van der Waals surface area contributed by atoms with Crippen molar-refractivity contribution < 1.29 is 9.72 Å². The Hall–Kier alpha value is -1.67. The highest BCUT2D eigenvalue weighted by Gasteiger charge is 2.16. The molecule has 0 bridgehead atoms. The second kappa shape index (κ2) is 7.05. The maximum absolute atomic E-state index is 11.6. The number of halogens is 1. The van der Waals surface area contributed by atoms with Crippen molar-refractivity contribution in [2.75, 3.05) is 13.1 Å². The fourth-order valence-corrected chi connectivity index (χ4v) is 1.86. The van der Waals surface area contributed by atoms with Gasteiger partial charge >= 0.3 is 5.69 Å². The lowest BCUT2D eigenvalue weighted by atomic mass is 10.2. The monoisotopic (exact) mass is 289 g/mol. The molecule has 1 saturated heterocycles. The SMILES string of the molecule is Cl.O=C(CCn1cc([N+](=O)[O-])cn1)NC1CCNC1. The van der Waals surface area contributed by atoms with E-state index in [0.717, 1.165) is 19.5 Å². The molecule has 0 aromatic carbocycles. The molecule has 1 fully saturated rings. The van der Waals surface area contributed by atoms with Crippen LogP contribution in [-0.4, -0.2) is 39.7 Å². The predicted octanol–water partition coefficient (Wildman–Crippen LogP) is 0.0813. The molecule has 8 nitrogen and oxygen atoms in total. The van der Waals surface area contributed by atoms with E-state index in [-0.39, 0.29) is 36.5 Å². The zero-order chi connectivity index (χ0) is 13.0. The van der Waals surface area contributed by atoms with Gasteiger partial charge in [-0.2, -0.15) is 5.10 Å². The van der Waals surface area contributed by atoms with Crippen molar-refractivity contribution in [2.24, 2.45) is 0 Å². The number of aromatic nitrogens is 2. The van der Waals surface area contributed by atoms with Crippen LogP contribution in [0.2, 0.25) is 0 Å². The van der Waals surface area contributed by atoms with Crippen LogP contribution in [-0.2, 0) is 11.3 Å². The predicted molar refractivity (Wildman–Crippen MR) is 70.2 cm³/mol. The number of rotatable bonds is 5. The van der Waals surface area contributed by atoms with Crippen LogP contribution in [0.25, 0.3) is 0 Å². The zero-order valence-electron chi connectivity index (χ0n) is 10.2. The molecule has 0 aliphatic carbocycles. The van der Waals surface area contributed by atoms with E-state index in [9.17, 15) is 14.9 Å². The largest absolute Gasteiger partial charge is 0.352 e. The number of carbonyl (C=O) groups is 1. The van der Waals surface area contributed by atoms with Crippen molar-refractivity contribution in [1.29, 1.82) is 0 Å². The van der Waals surface area contributed by atoms with Crippen LogP contribution in [0.15, 0.2) is 12.4 Å². The van der Waals surface area contributed by atoms with Gasteiger partial charge in [-0.3, -0.25) is 19.6 Å². The normalized spacial score (nSPS) is 17.8. The molecule has 1 aliphatic rings. The lowest BCUT2D eigenvalue weighted by Crippen LogP contribution is -2.36. The van der Waals surface area contributed by atoms with Crippen LogP contribution in [0, 0.1) is 10.1 Å². The summed E-state index contributed by atoms with van der Waals surface area (Å²) >= 11 is 0. The van der Waals surface area contributed by atoms with Gasteiger partial charge in [0.25, 0.3) is 0 Å². The second-order valence-electron chi connectivity index (χ2n) is 4.23. The highest BCUT2D eigenvalue weighted by atomic mass is 35.5. The minimum Gasteiger partial charge on any atom is -0.352 e. The first-order valence-electron chi connectivity index (χ1n) is 5.82. The first-order valence-corrected chi connectivity index (χ1v) is 5.82. The van der Waals surface area contributed by atoms with Crippen LogP contribution < -0.4 is 10.6 Å². The van der Waals surface area contributed by atoms with Crippen molar-refractivity contribution in [3.05, 3.63) is 22.5 Å². The fraction of sp³-hybridized carbons (Fsp3) is 0.600. The summed E-state index contributed by atoms with van der Waals surface area (Å²) in [5, 5.41) is 20.3. The van der Waals surface area contributed by atoms with E-state index in [0.29, 0.717) is 6.54 Å². The number of aryl methyl sites for hydroxylation is 1. The number of carbonyl (C=O) groups excluding carboxylic acids is 1. The van der Waals surface area contributed by atoms with Crippen molar-refractivity contribution in [3.63, 3.8) is 0 Å². The molecule has 0 spiro atoms. The van der Waals surface area contributed by atoms with Crippen LogP contribution in [0.3, 0.4) is 0 Å². The first kappa shape index (κ1) is 15.4. The summed E-state index contributed by atoms with van der Waals surface area (Å²) in [4.78, 5) is 21.5. The van der Waals surface area contributed by atoms with Crippen LogP contribution in [0.4, 0.5) is 5.69 Å². The van der Waals surface area contributed by atoms with Gasteiger partial charge in [0.2, 0.25) is 5.91 Å². The molecule has 2 rings (SSSR count). The van der Waals surface area contributed by atoms with Gasteiger partial charge < -0.3 is 10.6 Å². The molecule has 1 aliphatic heterocycles. The molecular formula is C10H16ClN5O3. The van der Waals surface area contributed by atoms with Gasteiger partial charge in [-0.1, -0.05) is 0 Å². The van der Waals surface area contributed by atoms with E-state index in [1.807, 2.05) is 0 Å². The molecule has 1 amide bonds. The topological polar surface area (TPSA) is 102 Å². The van der Waals surface area contributed by atoms with E-state index >= 15 is 0 Å². The Kier molecular flexibility index (Phi) is 5.71. The highest BCUT2D eigenvalue weighted by Crippen LogP contribution is 2.08. The summed E-state index contributed by atoms with van der Waals surface area (Å²) in [7, 11) is 0. The molecule has 1 aromatic heterocycles. The molecule has 19 heavy (non-hydrogen) atoms. The third-order valence-electron chi connectivity index (χ3n) is 2.82. The third-order valence-corrected chi connectivity index (χ3v) is 2.82. The first-order chi connectivity index (χ1) is 8.65. The number of hydrogen-bond donors (Lipinski definition) is 2. The Bertz CT molecular complexity index is 444. The Morgan fingerprint density at radius 1 is 1.68 bits per heavy atom. The molecule has 0 saturated carbocycles. The molecule has 1 unspecified atom stereocenters. The molecule has 9 heteroatoms. The summed E-state index contributed by atoms with van der Waals surface area (Å²) in [6, 6.07) is 0.199. The average Bonchev–Trinajstić information content (AvgIpc) is 2.96. The van der Waals surface area contributed by atoms with E-state index in [2.05, 4.69) is 15.7 Å². The molecule has 2 N–H and O–H groups in total. The molecule has 106 valence electrons. The molecule has 1 aromatic rings. The molecule has 0 radical (unpaired) electrons. The fourth-order valence-electron chi connectivity index (χ4n) is 1.86. The quantitative estimate of drug-likeness (QED) is 0.590. The van der Waals surface area contributed by atoms with E-state index in [4.69, 9.17) is 0 Å². The van der Waals surface area contributed by atoms with E-state index < -0.39 is 4.92 Å². The van der Waals surface area contributed by atoms with Crippen LogP contribution >= 0.6 is 12.4 Å². The number of nitrogens with zero attached hydrogens (tertiary/aromatic N) is 3. The van der Waals surface area contributed by atoms with Gasteiger partial charge in [-0.25, -0.2) is 0 Å². The van der Waals surface area contributed by atoms with Gasteiger partial charge in [-0.15, -0.1) is 12.4 Å².